The average molecular weight is 637 g/mol. The van der Waals surface area contributed by atoms with Crippen LogP contribution in [0, 0.1) is 0 Å². The van der Waals surface area contributed by atoms with Gasteiger partial charge in [-0.25, -0.2) is 4.98 Å². The molecule has 0 aromatic carbocycles. The van der Waals surface area contributed by atoms with Gasteiger partial charge in [-0.3, -0.25) is 24.4 Å². The SMILES string of the molecule is NC(S)=NCc1cc(SC2(C(=O)O)CS[C@@H]3[C@H](NC(=O)C(=NOC4CCCC4)c4csc(N)n4)C(=O)N3C2)ccn1. The molecule has 0 bridgehead atoms. The van der Waals surface area contributed by atoms with E-state index in [9.17, 15) is 19.5 Å². The van der Waals surface area contributed by atoms with Crippen LogP contribution in [0.1, 0.15) is 37.1 Å². The minimum absolute atomic E-state index is 0.0242. The number of hydrogen-bond acceptors (Lipinski definition) is 12. The molecule has 3 aliphatic rings. The summed E-state index contributed by atoms with van der Waals surface area (Å²) in [5, 5.41) is 18.7. The van der Waals surface area contributed by atoms with Gasteiger partial charge in [-0.1, -0.05) is 5.16 Å². The number of amidine groups is 1. The fraction of sp³-hybridized carbons (Fsp3) is 0.458. The number of aliphatic carboxylic acids is 1. The second-order valence-electron chi connectivity index (χ2n) is 9.70. The predicted octanol–water partition coefficient (Wildman–Crippen LogP) is 1.54. The third-order valence-electron chi connectivity index (χ3n) is 6.81. The van der Waals surface area contributed by atoms with Gasteiger partial charge in [0.2, 0.25) is 5.91 Å². The number of aliphatic imine (C=N–C) groups is 1. The Kier molecular flexibility index (Phi) is 8.96. The fourth-order valence-electron chi connectivity index (χ4n) is 4.71. The quantitative estimate of drug-likeness (QED) is 0.0833. The Bertz CT molecular complexity index is 1390. The number of carboxylic acids is 1. The second-order valence-corrected chi connectivity index (χ2v) is 13.6. The van der Waals surface area contributed by atoms with Crippen molar-refractivity contribution >= 4 is 81.3 Å². The number of oxime groups is 1. The van der Waals surface area contributed by atoms with Crippen LogP contribution in [0.25, 0.3) is 0 Å². The molecule has 2 amide bonds. The molecule has 6 N–H and O–H groups in total. The third-order valence-corrected chi connectivity index (χ3v) is 10.7. The number of anilines is 1. The molecule has 0 spiro atoms. The van der Waals surface area contributed by atoms with E-state index in [1.807, 2.05) is 0 Å². The number of thiol groups is 1. The predicted molar refractivity (Wildman–Crippen MR) is 161 cm³/mol. The molecule has 3 fully saturated rings. The number of nitrogens with two attached hydrogens (primary N) is 2. The topological polar surface area (TPSA) is 198 Å². The minimum Gasteiger partial charge on any atom is -0.480 e. The first-order valence-corrected chi connectivity index (χ1v) is 15.9. The molecule has 1 unspecified atom stereocenters. The van der Waals surface area contributed by atoms with E-state index in [0.29, 0.717) is 10.6 Å². The summed E-state index contributed by atoms with van der Waals surface area (Å²) in [5.41, 5.74) is 12.1. The Hall–Kier alpha value is -3.02. The Morgan fingerprint density at radius 2 is 2.15 bits per heavy atom. The van der Waals surface area contributed by atoms with Gasteiger partial charge in [0, 0.05) is 28.8 Å². The van der Waals surface area contributed by atoms with E-state index in [4.69, 9.17) is 16.3 Å². The van der Waals surface area contributed by atoms with Crippen LogP contribution in [-0.2, 0) is 25.8 Å². The first-order valence-electron chi connectivity index (χ1n) is 12.7. The molecular formula is C24H28N8O5S4. The molecule has 2 aromatic rings. The summed E-state index contributed by atoms with van der Waals surface area (Å²) in [6.45, 7) is 0.181. The summed E-state index contributed by atoms with van der Waals surface area (Å²) in [4.78, 5) is 59.2. The number of fused-ring (bicyclic) bond motifs is 1. The lowest BCUT2D eigenvalue weighted by Gasteiger charge is -2.53. The smallest absolute Gasteiger partial charge is 0.322 e. The van der Waals surface area contributed by atoms with Crippen LogP contribution in [0.5, 0.6) is 0 Å². The van der Waals surface area contributed by atoms with Crippen molar-refractivity contribution in [3.63, 3.8) is 0 Å². The number of nitrogens with zero attached hydrogens (tertiary/aromatic N) is 5. The summed E-state index contributed by atoms with van der Waals surface area (Å²) in [6.07, 6.45) is 5.28. The van der Waals surface area contributed by atoms with Gasteiger partial charge in [-0.05, 0) is 37.8 Å². The van der Waals surface area contributed by atoms with Crippen LogP contribution in [0.15, 0.2) is 38.8 Å². The highest BCUT2D eigenvalue weighted by atomic mass is 32.2. The summed E-state index contributed by atoms with van der Waals surface area (Å²) < 4.78 is -1.30. The van der Waals surface area contributed by atoms with Crippen LogP contribution in [0.2, 0.25) is 0 Å². The first-order chi connectivity index (χ1) is 19.6. The molecule has 13 nitrogen and oxygen atoms in total. The highest BCUT2D eigenvalue weighted by Gasteiger charge is 2.58. The van der Waals surface area contributed by atoms with Crippen molar-refractivity contribution in [2.45, 2.75) is 59.4 Å². The van der Waals surface area contributed by atoms with Gasteiger partial charge >= 0.3 is 5.97 Å². The first kappa shape index (κ1) is 29.5. The molecule has 1 saturated carbocycles. The number of aromatic nitrogens is 2. The van der Waals surface area contributed by atoms with Crippen molar-refractivity contribution in [3.8, 4) is 0 Å². The number of hydrogen-bond donors (Lipinski definition) is 5. The van der Waals surface area contributed by atoms with Crippen molar-refractivity contribution in [1.29, 1.82) is 0 Å². The van der Waals surface area contributed by atoms with Crippen LogP contribution < -0.4 is 16.8 Å². The number of rotatable bonds is 10. The van der Waals surface area contributed by atoms with Gasteiger partial charge in [0.25, 0.3) is 5.91 Å². The van der Waals surface area contributed by atoms with Crippen molar-refractivity contribution < 1.29 is 24.3 Å². The number of β-lactam (4-membered cyclic amide) rings is 1. The number of pyridine rings is 1. The summed E-state index contributed by atoms with van der Waals surface area (Å²) in [5.74, 6) is -1.80. The molecule has 2 saturated heterocycles. The summed E-state index contributed by atoms with van der Waals surface area (Å²) >= 11 is 7.58. The number of thiazole rings is 1. The van der Waals surface area contributed by atoms with Crippen molar-refractivity contribution in [3.05, 3.63) is 35.1 Å². The molecule has 41 heavy (non-hydrogen) atoms. The van der Waals surface area contributed by atoms with Gasteiger partial charge in [0.15, 0.2) is 16.0 Å². The van der Waals surface area contributed by atoms with Gasteiger partial charge in [0.05, 0.1) is 12.2 Å². The van der Waals surface area contributed by atoms with E-state index in [0.717, 1.165) is 37.4 Å². The molecule has 1 aliphatic carbocycles. The van der Waals surface area contributed by atoms with Crippen LogP contribution >= 0.6 is 47.5 Å². The molecule has 17 heteroatoms. The van der Waals surface area contributed by atoms with Crippen molar-refractivity contribution in [2.24, 2.45) is 15.9 Å². The zero-order valence-corrected chi connectivity index (χ0v) is 25.0. The number of nitrogens with one attached hydrogen (secondary N) is 1. The molecule has 2 aliphatic heterocycles. The maximum atomic E-state index is 13.3. The third kappa shape index (κ3) is 6.57. The average Bonchev–Trinajstić information content (AvgIpc) is 3.63. The fourth-order valence-corrected chi connectivity index (χ4v) is 8.23. The van der Waals surface area contributed by atoms with Crippen molar-refractivity contribution in [2.75, 3.05) is 18.0 Å². The maximum absolute atomic E-state index is 13.3. The number of carbonyl (C=O) groups is 3. The van der Waals surface area contributed by atoms with E-state index in [2.05, 4.69) is 38.1 Å². The molecule has 3 atom stereocenters. The number of thioether (sulfide) groups is 2. The molecule has 0 radical (unpaired) electrons. The van der Waals surface area contributed by atoms with E-state index >= 15 is 0 Å². The number of nitrogen functional groups attached to an aromatic ring is 1. The Morgan fingerprint density at radius 1 is 1.37 bits per heavy atom. The zero-order chi connectivity index (χ0) is 29.1. The van der Waals surface area contributed by atoms with Crippen LogP contribution in [0.3, 0.4) is 0 Å². The lowest BCUT2D eigenvalue weighted by molar-refractivity contribution is -0.151. The highest BCUT2D eigenvalue weighted by molar-refractivity contribution is 8.05. The van der Waals surface area contributed by atoms with E-state index < -0.39 is 28.0 Å². The van der Waals surface area contributed by atoms with Crippen LogP contribution in [0.4, 0.5) is 5.13 Å². The van der Waals surface area contributed by atoms with E-state index in [1.165, 1.54) is 28.0 Å². The summed E-state index contributed by atoms with van der Waals surface area (Å²) in [6, 6.07) is 2.62. The molecular weight excluding hydrogens is 609 g/mol. The standard InChI is InChI=1S/C24H28N8O5S4/c25-22(38)28-8-12-7-14(5-6-27-12)41-24(21(35)36)10-32-19(34)17(20(32)40-11-24)30-18(33)16(15-9-39-23(26)29-15)31-37-13-3-1-2-4-13/h5-7,9,13,17,20H,1-4,8,10-11H2,(H2,26,29)(H,30,33)(H,35,36)(H3,25,28,38)/t17-,20-,24?/m1/s1. The normalized spacial score (nSPS) is 25.0. The molecule has 218 valence electrons. The molecule has 5 rings (SSSR count). The molecule has 2 aromatic heterocycles. The zero-order valence-electron chi connectivity index (χ0n) is 21.6. The molecule has 4 heterocycles. The number of carbonyl (C=O) groups excluding carboxylic acids is 2. The summed E-state index contributed by atoms with van der Waals surface area (Å²) in [7, 11) is 0. The Labute approximate surface area is 253 Å². The van der Waals surface area contributed by atoms with E-state index in [-0.39, 0.29) is 52.6 Å². The lowest BCUT2D eigenvalue weighted by atomic mass is 10.0. The van der Waals surface area contributed by atoms with E-state index in [1.54, 1.807) is 23.7 Å². The van der Waals surface area contributed by atoms with Gasteiger partial charge in [-0.2, -0.15) is 0 Å². The number of amides is 2. The minimum atomic E-state index is -1.30. The van der Waals surface area contributed by atoms with Crippen molar-refractivity contribution in [1.82, 2.24) is 20.2 Å². The maximum Gasteiger partial charge on any atom is 0.322 e. The number of carboxylic acid groups (broad SMARTS) is 1. The Balaban J connectivity index is 1.27. The Morgan fingerprint density at radius 3 is 2.83 bits per heavy atom. The van der Waals surface area contributed by atoms with Gasteiger partial charge < -0.3 is 31.6 Å². The monoisotopic (exact) mass is 636 g/mol. The second kappa shape index (κ2) is 12.5. The van der Waals surface area contributed by atoms with Gasteiger partial charge in [0.1, 0.15) is 28.0 Å². The highest BCUT2D eigenvalue weighted by Crippen LogP contribution is 2.46. The van der Waals surface area contributed by atoms with Crippen LogP contribution in [-0.4, -0.2) is 83.2 Å². The largest absolute Gasteiger partial charge is 0.480 e. The van der Waals surface area contributed by atoms with Gasteiger partial charge in [-0.15, -0.1) is 47.5 Å². The lowest BCUT2D eigenvalue weighted by Crippen LogP contribution is -2.74.